The van der Waals surface area contributed by atoms with Gasteiger partial charge in [0.05, 0.1) is 6.61 Å². The molecule has 1 saturated heterocycles. The van der Waals surface area contributed by atoms with Gasteiger partial charge in [-0.15, -0.1) is 0 Å². The number of nitrogens with one attached hydrogen (secondary N) is 1. The lowest BCUT2D eigenvalue weighted by molar-refractivity contribution is -0.134. The molecule has 1 aromatic carbocycles. The standard InChI is InChI=1S/C16H22N2O4/c1-2-21-16(20)17-13-7-6-10-18(11-13)15(19)12-22-14-8-4-3-5-9-14/h3-5,8-9,13H,2,6-7,10-12H2,1H3,(H,17,20)/t13-/m0/s1. The van der Waals surface area contributed by atoms with Gasteiger partial charge in [-0.25, -0.2) is 4.79 Å². The number of nitrogens with zero attached hydrogens (tertiary/aromatic N) is 1. The zero-order chi connectivity index (χ0) is 15.8. The highest BCUT2D eigenvalue weighted by Crippen LogP contribution is 2.12. The van der Waals surface area contributed by atoms with Gasteiger partial charge >= 0.3 is 6.09 Å². The van der Waals surface area contributed by atoms with Crippen LogP contribution >= 0.6 is 0 Å². The van der Waals surface area contributed by atoms with Crippen molar-refractivity contribution in [3.8, 4) is 5.75 Å². The molecule has 0 spiro atoms. The Hall–Kier alpha value is -2.24. The second kappa shape index (κ2) is 8.26. The molecule has 0 unspecified atom stereocenters. The third-order valence-electron chi connectivity index (χ3n) is 3.48. The quantitative estimate of drug-likeness (QED) is 0.901. The molecule has 1 N–H and O–H groups in total. The molecule has 22 heavy (non-hydrogen) atoms. The van der Waals surface area contributed by atoms with E-state index in [0.29, 0.717) is 25.4 Å². The Balaban J connectivity index is 1.78. The van der Waals surface area contributed by atoms with E-state index in [1.807, 2.05) is 30.3 Å². The predicted molar refractivity (Wildman–Crippen MR) is 81.7 cm³/mol. The summed E-state index contributed by atoms with van der Waals surface area (Å²) >= 11 is 0. The first-order valence-electron chi connectivity index (χ1n) is 7.58. The number of likely N-dealkylation sites (tertiary alicyclic amines) is 1. The van der Waals surface area contributed by atoms with E-state index in [1.165, 1.54) is 0 Å². The maximum absolute atomic E-state index is 12.2. The van der Waals surface area contributed by atoms with Crippen LogP contribution in [0, 0.1) is 0 Å². The number of hydrogen-bond donors (Lipinski definition) is 1. The van der Waals surface area contributed by atoms with Crippen molar-refractivity contribution in [2.24, 2.45) is 0 Å². The summed E-state index contributed by atoms with van der Waals surface area (Å²) in [4.78, 5) is 25.3. The average molecular weight is 306 g/mol. The normalized spacial score (nSPS) is 17.7. The lowest BCUT2D eigenvalue weighted by Gasteiger charge is -2.32. The molecule has 1 heterocycles. The van der Waals surface area contributed by atoms with E-state index >= 15 is 0 Å². The maximum Gasteiger partial charge on any atom is 0.407 e. The number of rotatable bonds is 5. The molecule has 1 fully saturated rings. The SMILES string of the molecule is CCOC(=O)N[C@H]1CCCN(C(=O)COc2ccccc2)C1. The van der Waals surface area contributed by atoms with Crippen molar-refractivity contribution >= 4 is 12.0 Å². The molecular formula is C16H22N2O4. The van der Waals surface area contributed by atoms with Gasteiger partial charge in [-0.2, -0.15) is 0 Å². The number of hydrogen-bond acceptors (Lipinski definition) is 4. The molecular weight excluding hydrogens is 284 g/mol. The van der Waals surface area contributed by atoms with Crippen molar-refractivity contribution in [1.29, 1.82) is 0 Å². The zero-order valence-electron chi connectivity index (χ0n) is 12.8. The van der Waals surface area contributed by atoms with Crippen LogP contribution in [-0.4, -0.2) is 49.2 Å². The highest BCUT2D eigenvalue weighted by atomic mass is 16.5. The number of amides is 2. The summed E-state index contributed by atoms with van der Waals surface area (Å²) < 4.78 is 10.3. The monoisotopic (exact) mass is 306 g/mol. The number of ether oxygens (including phenoxy) is 2. The van der Waals surface area contributed by atoms with Crippen molar-refractivity contribution in [2.45, 2.75) is 25.8 Å². The van der Waals surface area contributed by atoms with Crippen LogP contribution < -0.4 is 10.1 Å². The smallest absolute Gasteiger partial charge is 0.407 e. The summed E-state index contributed by atoms with van der Waals surface area (Å²) in [5.41, 5.74) is 0. The average Bonchev–Trinajstić information content (AvgIpc) is 2.54. The van der Waals surface area contributed by atoms with Crippen molar-refractivity contribution in [2.75, 3.05) is 26.3 Å². The van der Waals surface area contributed by atoms with E-state index in [2.05, 4.69) is 5.32 Å². The second-order valence-electron chi connectivity index (χ2n) is 5.15. The molecule has 2 rings (SSSR count). The molecule has 1 aliphatic rings. The molecule has 0 aliphatic carbocycles. The highest BCUT2D eigenvalue weighted by molar-refractivity contribution is 5.78. The fraction of sp³-hybridized carbons (Fsp3) is 0.500. The Morgan fingerprint density at radius 1 is 1.32 bits per heavy atom. The minimum absolute atomic E-state index is 0.0101. The van der Waals surface area contributed by atoms with Gasteiger partial charge in [-0.05, 0) is 31.9 Å². The Kier molecular flexibility index (Phi) is 6.06. The van der Waals surface area contributed by atoms with Crippen LogP contribution in [0.2, 0.25) is 0 Å². The minimum atomic E-state index is -0.428. The third kappa shape index (κ3) is 4.95. The van der Waals surface area contributed by atoms with Crippen molar-refractivity contribution in [3.63, 3.8) is 0 Å². The van der Waals surface area contributed by atoms with E-state index in [9.17, 15) is 9.59 Å². The summed E-state index contributed by atoms with van der Waals surface area (Å²) in [7, 11) is 0. The fourth-order valence-electron chi connectivity index (χ4n) is 2.41. The lowest BCUT2D eigenvalue weighted by atomic mass is 10.1. The molecule has 1 aliphatic heterocycles. The van der Waals surface area contributed by atoms with Gasteiger partial charge in [0.15, 0.2) is 6.61 Å². The van der Waals surface area contributed by atoms with Crippen molar-refractivity contribution in [3.05, 3.63) is 30.3 Å². The topological polar surface area (TPSA) is 67.9 Å². The first-order valence-corrected chi connectivity index (χ1v) is 7.58. The van der Waals surface area contributed by atoms with Crippen LogP contribution in [0.25, 0.3) is 0 Å². The fourth-order valence-corrected chi connectivity index (χ4v) is 2.41. The van der Waals surface area contributed by atoms with E-state index in [-0.39, 0.29) is 18.6 Å². The molecule has 6 nitrogen and oxygen atoms in total. The zero-order valence-corrected chi connectivity index (χ0v) is 12.8. The van der Waals surface area contributed by atoms with Gasteiger partial charge in [-0.1, -0.05) is 18.2 Å². The Morgan fingerprint density at radius 3 is 2.82 bits per heavy atom. The Bertz CT molecular complexity index is 492. The van der Waals surface area contributed by atoms with Crippen molar-refractivity contribution in [1.82, 2.24) is 10.2 Å². The van der Waals surface area contributed by atoms with Gasteiger partial charge in [0.1, 0.15) is 5.75 Å². The number of carbonyl (C=O) groups excluding carboxylic acids is 2. The van der Waals surface area contributed by atoms with Gasteiger partial charge in [0, 0.05) is 19.1 Å². The van der Waals surface area contributed by atoms with Gasteiger partial charge < -0.3 is 19.7 Å². The van der Waals surface area contributed by atoms with E-state index in [4.69, 9.17) is 9.47 Å². The van der Waals surface area contributed by atoms with E-state index < -0.39 is 6.09 Å². The first kappa shape index (κ1) is 16.1. The number of alkyl carbamates (subject to hydrolysis) is 1. The van der Waals surface area contributed by atoms with Gasteiger partial charge in [0.2, 0.25) is 0 Å². The van der Waals surface area contributed by atoms with Crippen LogP contribution in [0.4, 0.5) is 4.79 Å². The van der Waals surface area contributed by atoms with E-state index in [0.717, 1.165) is 12.8 Å². The number of carbonyl (C=O) groups is 2. The number of piperidine rings is 1. The summed E-state index contributed by atoms with van der Waals surface area (Å²) in [5, 5.41) is 2.78. The van der Waals surface area contributed by atoms with Crippen LogP contribution in [0.15, 0.2) is 30.3 Å². The largest absolute Gasteiger partial charge is 0.484 e. The molecule has 2 amide bonds. The molecule has 0 bridgehead atoms. The molecule has 120 valence electrons. The summed E-state index contributed by atoms with van der Waals surface area (Å²) in [5.74, 6) is 0.605. The van der Waals surface area contributed by atoms with E-state index in [1.54, 1.807) is 11.8 Å². The van der Waals surface area contributed by atoms with Crippen LogP contribution in [0.1, 0.15) is 19.8 Å². The predicted octanol–water partition coefficient (Wildman–Crippen LogP) is 1.80. The number of benzene rings is 1. The summed E-state index contributed by atoms with van der Waals surface area (Å²) in [6.07, 6.45) is 1.28. The molecule has 1 aromatic rings. The summed E-state index contributed by atoms with van der Waals surface area (Å²) in [6, 6.07) is 9.18. The highest BCUT2D eigenvalue weighted by Gasteiger charge is 2.25. The van der Waals surface area contributed by atoms with Crippen LogP contribution in [-0.2, 0) is 9.53 Å². The van der Waals surface area contributed by atoms with Gasteiger partial charge in [-0.3, -0.25) is 4.79 Å². The summed E-state index contributed by atoms with van der Waals surface area (Å²) in [6.45, 7) is 3.30. The van der Waals surface area contributed by atoms with Crippen LogP contribution in [0.3, 0.4) is 0 Å². The third-order valence-corrected chi connectivity index (χ3v) is 3.48. The minimum Gasteiger partial charge on any atom is -0.484 e. The van der Waals surface area contributed by atoms with Crippen molar-refractivity contribution < 1.29 is 19.1 Å². The Morgan fingerprint density at radius 2 is 2.09 bits per heavy atom. The molecule has 0 radical (unpaired) electrons. The molecule has 6 heteroatoms. The molecule has 0 saturated carbocycles. The molecule has 0 aromatic heterocycles. The Labute approximate surface area is 130 Å². The van der Waals surface area contributed by atoms with Gasteiger partial charge in [0.25, 0.3) is 5.91 Å². The lowest BCUT2D eigenvalue weighted by Crippen LogP contribution is -2.50. The molecule has 1 atom stereocenters. The first-order chi connectivity index (χ1) is 10.7. The van der Waals surface area contributed by atoms with Crippen LogP contribution in [0.5, 0.6) is 5.75 Å². The number of para-hydroxylation sites is 1. The maximum atomic E-state index is 12.2. The second-order valence-corrected chi connectivity index (χ2v) is 5.15.